The summed E-state index contributed by atoms with van der Waals surface area (Å²) < 4.78 is 34.9. The maximum absolute atomic E-state index is 14.0. The molecule has 6 nitrogen and oxygen atoms in total. The summed E-state index contributed by atoms with van der Waals surface area (Å²) in [6.07, 6.45) is 2.71. The summed E-state index contributed by atoms with van der Waals surface area (Å²) in [4.78, 5) is 12.8. The van der Waals surface area contributed by atoms with Crippen molar-refractivity contribution < 1.29 is 33.2 Å². The minimum absolute atomic E-state index is 0.00919. The van der Waals surface area contributed by atoms with Crippen molar-refractivity contribution in [2.45, 2.75) is 20.8 Å². The molecule has 29 heavy (non-hydrogen) atoms. The van der Waals surface area contributed by atoms with Gasteiger partial charge in [-0.1, -0.05) is 12.1 Å². The zero-order valence-corrected chi connectivity index (χ0v) is 17.2. The Labute approximate surface area is 169 Å². The van der Waals surface area contributed by atoms with Crippen molar-refractivity contribution in [3.63, 3.8) is 0 Å². The first-order valence-corrected chi connectivity index (χ1v) is 9.02. The predicted octanol–water partition coefficient (Wildman–Crippen LogP) is 4.43. The zero-order chi connectivity index (χ0) is 21.6. The summed E-state index contributed by atoms with van der Waals surface area (Å²) in [5.41, 5.74) is 1.44. The number of halogens is 1. The van der Waals surface area contributed by atoms with Crippen LogP contribution in [-0.2, 0) is 4.74 Å². The van der Waals surface area contributed by atoms with E-state index in [0.29, 0.717) is 29.0 Å². The fourth-order valence-corrected chi connectivity index (χ4v) is 2.94. The number of carbonyl (C=O) groups is 1. The lowest BCUT2D eigenvalue weighted by Crippen LogP contribution is -2.08. The summed E-state index contributed by atoms with van der Waals surface area (Å²) in [6.45, 7) is 5.46. The number of carbonyl (C=O) groups excluding carboxylic acids is 1. The maximum Gasteiger partial charge on any atom is 0.193 e. The summed E-state index contributed by atoms with van der Waals surface area (Å²) in [6, 6.07) is 4.40. The Morgan fingerprint density at radius 1 is 1.14 bits per heavy atom. The van der Waals surface area contributed by atoms with E-state index < -0.39 is 11.6 Å². The van der Waals surface area contributed by atoms with Gasteiger partial charge >= 0.3 is 0 Å². The number of allylic oxidation sites excluding steroid dienone is 1. The van der Waals surface area contributed by atoms with Gasteiger partial charge in [0.15, 0.2) is 24.1 Å². The first-order chi connectivity index (χ1) is 13.8. The van der Waals surface area contributed by atoms with E-state index in [4.69, 9.17) is 18.9 Å². The molecule has 0 unspecified atom stereocenters. The molecule has 0 aliphatic rings. The van der Waals surface area contributed by atoms with E-state index in [-0.39, 0.29) is 29.6 Å². The van der Waals surface area contributed by atoms with Crippen LogP contribution in [0.2, 0.25) is 0 Å². The van der Waals surface area contributed by atoms with Gasteiger partial charge in [-0.3, -0.25) is 4.79 Å². The van der Waals surface area contributed by atoms with Crippen molar-refractivity contribution in [3.8, 4) is 23.0 Å². The molecular formula is C22H25FO6. The van der Waals surface area contributed by atoms with Crippen LogP contribution in [0.25, 0.3) is 6.08 Å². The molecule has 0 fully saturated rings. The van der Waals surface area contributed by atoms with E-state index in [0.717, 1.165) is 0 Å². The molecule has 2 aromatic rings. The fourth-order valence-electron chi connectivity index (χ4n) is 2.94. The number of phenols is 1. The second-order valence-corrected chi connectivity index (χ2v) is 6.21. The molecule has 2 rings (SSSR count). The van der Waals surface area contributed by atoms with Crippen molar-refractivity contribution in [2.24, 2.45) is 0 Å². The van der Waals surface area contributed by atoms with Gasteiger partial charge in [-0.15, -0.1) is 0 Å². The highest BCUT2D eigenvalue weighted by atomic mass is 19.1. The zero-order valence-electron chi connectivity index (χ0n) is 17.2. The molecule has 0 aromatic heterocycles. The highest BCUT2D eigenvalue weighted by molar-refractivity contribution is 6.11. The lowest BCUT2D eigenvalue weighted by molar-refractivity contribution is 0.0497. The molecule has 0 radical (unpaired) electrons. The van der Waals surface area contributed by atoms with Crippen LogP contribution in [0.4, 0.5) is 4.39 Å². The number of aromatic hydroxyl groups is 1. The predicted molar refractivity (Wildman–Crippen MR) is 108 cm³/mol. The first-order valence-electron chi connectivity index (χ1n) is 9.02. The number of rotatable bonds is 9. The van der Waals surface area contributed by atoms with E-state index in [1.807, 2.05) is 0 Å². The summed E-state index contributed by atoms with van der Waals surface area (Å²) in [5, 5.41) is 10.6. The Morgan fingerprint density at radius 3 is 2.45 bits per heavy atom. The van der Waals surface area contributed by atoms with Crippen LogP contribution in [0.3, 0.4) is 0 Å². The minimum Gasteiger partial charge on any atom is -0.507 e. The highest BCUT2D eigenvalue weighted by Gasteiger charge is 2.24. The number of methoxy groups -OCH3 is 2. The standard InChI is InChI=1S/C22H25FO6/c1-6-28-18-10-8-15(11-16(18)23)7-9-17(24)19-20(25)13(2)21(29-12-26-4)14(3)22(19)27-5/h7-11,25H,6,12H2,1-5H3. The van der Waals surface area contributed by atoms with Crippen molar-refractivity contribution in [3.05, 3.63) is 52.3 Å². The Balaban J connectivity index is 2.40. The lowest BCUT2D eigenvalue weighted by atomic mass is 9.98. The molecule has 0 aliphatic carbocycles. The minimum atomic E-state index is -0.520. The number of hydrogen-bond acceptors (Lipinski definition) is 6. The van der Waals surface area contributed by atoms with E-state index >= 15 is 0 Å². The maximum atomic E-state index is 14.0. The molecule has 1 N–H and O–H groups in total. The van der Waals surface area contributed by atoms with Gasteiger partial charge in [-0.2, -0.15) is 0 Å². The third kappa shape index (κ3) is 4.86. The monoisotopic (exact) mass is 404 g/mol. The second-order valence-electron chi connectivity index (χ2n) is 6.21. The topological polar surface area (TPSA) is 74.2 Å². The van der Waals surface area contributed by atoms with Crippen LogP contribution in [-0.4, -0.2) is 38.5 Å². The van der Waals surface area contributed by atoms with E-state index in [9.17, 15) is 14.3 Å². The average Bonchev–Trinajstić information content (AvgIpc) is 2.70. The molecule has 0 saturated carbocycles. The smallest absolute Gasteiger partial charge is 0.193 e. The Hall–Kier alpha value is -3.06. The van der Waals surface area contributed by atoms with Crippen molar-refractivity contribution >= 4 is 11.9 Å². The SMILES string of the molecule is CCOc1ccc(C=CC(=O)c2c(O)c(C)c(OCOC)c(C)c2OC)cc1F. The molecule has 2 aromatic carbocycles. The van der Waals surface area contributed by atoms with Gasteiger partial charge in [-0.05, 0) is 44.5 Å². The fraction of sp³-hybridized carbons (Fsp3) is 0.318. The summed E-state index contributed by atoms with van der Waals surface area (Å²) in [7, 11) is 2.88. The largest absolute Gasteiger partial charge is 0.507 e. The molecule has 0 atom stereocenters. The first kappa shape index (κ1) is 22.2. The molecule has 156 valence electrons. The molecule has 0 amide bonds. The number of ketones is 1. The van der Waals surface area contributed by atoms with Crippen LogP contribution in [0.5, 0.6) is 23.0 Å². The second kappa shape index (κ2) is 9.93. The van der Waals surface area contributed by atoms with Crippen LogP contribution < -0.4 is 14.2 Å². The van der Waals surface area contributed by atoms with Crippen LogP contribution in [0.15, 0.2) is 24.3 Å². The number of phenolic OH excluding ortho intramolecular Hbond substituents is 1. The third-order valence-electron chi connectivity index (χ3n) is 4.30. The van der Waals surface area contributed by atoms with Gasteiger partial charge in [0.1, 0.15) is 22.8 Å². The van der Waals surface area contributed by atoms with E-state index in [2.05, 4.69) is 0 Å². The van der Waals surface area contributed by atoms with Crippen molar-refractivity contribution in [2.75, 3.05) is 27.6 Å². The molecule has 0 saturated heterocycles. The number of ether oxygens (including phenoxy) is 4. The molecule has 0 aliphatic heterocycles. The summed E-state index contributed by atoms with van der Waals surface area (Å²) in [5.74, 6) is -0.521. The molecule has 0 spiro atoms. The molecule has 7 heteroatoms. The molecular weight excluding hydrogens is 379 g/mol. The summed E-state index contributed by atoms with van der Waals surface area (Å²) >= 11 is 0. The number of hydrogen-bond donors (Lipinski definition) is 1. The van der Waals surface area contributed by atoms with E-state index in [1.54, 1.807) is 26.8 Å². The van der Waals surface area contributed by atoms with Crippen molar-refractivity contribution in [1.82, 2.24) is 0 Å². The Bertz CT molecular complexity index is 920. The normalized spacial score (nSPS) is 11.0. The van der Waals surface area contributed by atoms with Gasteiger partial charge in [0, 0.05) is 18.2 Å². The van der Waals surface area contributed by atoms with Gasteiger partial charge in [-0.25, -0.2) is 4.39 Å². The van der Waals surface area contributed by atoms with Crippen LogP contribution in [0.1, 0.15) is 34.0 Å². The van der Waals surface area contributed by atoms with Crippen LogP contribution >= 0.6 is 0 Å². The van der Waals surface area contributed by atoms with Crippen molar-refractivity contribution in [1.29, 1.82) is 0 Å². The lowest BCUT2D eigenvalue weighted by Gasteiger charge is -2.19. The Kier molecular flexibility index (Phi) is 7.61. The molecule has 0 heterocycles. The highest BCUT2D eigenvalue weighted by Crippen LogP contribution is 2.42. The average molecular weight is 404 g/mol. The molecule has 0 bridgehead atoms. The number of benzene rings is 2. The quantitative estimate of drug-likeness (QED) is 0.379. The third-order valence-corrected chi connectivity index (χ3v) is 4.30. The van der Waals surface area contributed by atoms with Gasteiger partial charge in [0.25, 0.3) is 0 Å². The van der Waals surface area contributed by atoms with Gasteiger partial charge in [0.2, 0.25) is 0 Å². The van der Waals surface area contributed by atoms with Crippen LogP contribution in [0, 0.1) is 19.7 Å². The van der Waals surface area contributed by atoms with E-state index in [1.165, 1.54) is 38.5 Å². The Morgan fingerprint density at radius 2 is 1.86 bits per heavy atom. The van der Waals surface area contributed by atoms with Gasteiger partial charge in [0.05, 0.1) is 13.7 Å². The van der Waals surface area contributed by atoms with Gasteiger partial charge < -0.3 is 24.1 Å².